The molecule has 1 aromatic heterocycles. The molecule has 0 atom stereocenters. The number of aromatic nitrogens is 3. The maximum atomic E-state index is 5.92. The first-order chi connectivity index (χ1) is 8.28. The van der Waals surface area contributed by atoms with E-state index in [1.807, 2.05) is 35.1 Å². The Hall–Kier alpha value is -1.06. The van der Waals surface area contributed by atoms with Gasteiger partial charge >= 0.3 is 0 Å². The lowest BCUT2D eigenvalue weighted by molar-refractivity contribution is 0.649. The molecule has 0 bridgehead atoms. The van der Waals surface area contributed by atoms with E-state index in [2.05, 4.69) is 10.3 Å². The Labute approximate surface area is 110 Å². The lowest BCUT2D eigenvalue weighted by Gasteiger charge is -2.00. The largest absolute Gasteiger partial charge is 0.248 e. The van der Waals surface area contributed by atoms with Crippen molar-refractivity contribution in [2.24, 2.45) is 0 Å². The van der Waals surface area contributed by atoms with Crippen molar-refractivity contribution in [3.63, 3.8) is 0 Å². The van der Waals surface area contributed by atoms with Crippen LogP contribution in [0.25, 0.3) is 0 Å². The van der Waals surface area contributed by atoms with Crippen molar-refractivity contribution >= 4 is 23.2 Å². The van der Waals surface area contributed by atoms with Crippen LogP contribution in [-0.2, 0) is 13.0 Å². The van der Waals surface area contributed by atoms with Gasteiger partial charge < -0.3 is 0 Å². The van der Waals surface area contributed by atoms with E-state index in [0.29, 0.717) is 12.4 Å². The molecule has 1 aromatic carbocycles. The molecule has 0 radical (unpaired) electrons. The number of hydrogen-bond acceptors (Lipinski definition) is 2. The summed E-state index contributed by atoms with van der Waals surface area (Å²) in [5, 5.41) is 8.91. The summed E-state index contributed by atoms with van der Waals surface area (Å²) >= 11 is 11.6. The molecule has 0 aliphatic heterocycles. The fourth-order valence-electron chi connectivity index (χ4n) is 1.60. The molecule has 0 saturated heterocycles. The van der Waals surface area contributed by atoms with Gasteiger partial charge in [0.2, 0.25) is 0 Å². The van der Waals surface area contributed by atoms with Crippen molar-refractivity contribution in [1.82, 2.24) is 15.0 Å². The van der Waals surface area contributed by atoms with Crippen molar-refractivity contribution in [3.05, 3.63) is 46.7 Å². The number of nitrogens with zero attached hydrogens (tertiary/aromatic N) is 3. The van der Waals surface area contributed by atoms with Gasteiger partial charge in [-0.1, -0.05) is 28.9 Å². The first kappa shape index (κ1) is 12.4. The highest BCUT2D eigenvalue weighted by atomic mass is 35.5. The molecule has 0 saturated carbocycles. The van der Waals surface area contributed by atoms with Crippen LogP contribution in [0.2, 0.25) is 5.02 Å². The Morgan fingerprint density at radius 2 is 2.18 bits per heavy atom. The molecule has 0 fully saturated rings. The van der Waals surface area contributed by atoms with Crippen molar-refractivity contribution in [2.45, 2.75) is 19.4 Å². The molecule has 5 heteroatoms. The molecule has 0 aliphatic carbocycles. The molecular formula is C12H13Cl2N3. The predicted octanol–water partition coefficient (Wildman–Crippen LogP) is 3.15. The van der Waals surface area contributed by atoms with Crippen LogP contribution in [0.1, 0.15) is 17.7 Å². The van der Waals surface area contributed by atoms with Gasteiger partial charge in [-0.05, 0) is 30.5 Å². The zero-order valence-electron chi connectivity index (χ0n) is 9.31. The Morgan fingerprint density at radius 1 is 1.29 bits per heavy atom. The first-order valence-corrected chi connectivity index (χ1v) is 6.38. The smallest absolute Gasteiger partial charge is 0.0827 e. The van der Waals surface area contributed by atoms with Crippen LogP contribution >= 0.6 is 23.2 Å². The Kier molecular flexibility index (Phi) is 4.40. The SMILES string of the molecule is ClCCCc1cn(Cc2cccc(Cl)c2)nn1. The third-order valence-corrected chi connectivity index (χ3v) is 2.89. The minimum atomic E-state index is 0.654. The molecule has 3 nitrogen and oxygen atoms in total. The summed E-state index contributed by atoms with van der Waals surface area (Å²) < 4.78 is 1.81. The molecule has 17 heavy (non-hydrogen) atoms. The summed E-state index contributed by atoms with van der Waals surface area (Å²) in [6.07, 6.45) is 3.75. The van der Waals surface area contributed by atoms with Crippen molar-refractivity contribution in [3.8, 4) is 0 Å². The van der Waals surface area contributed by atoms with E-state index >= 15 is 0 Å². The number of halogens is 2. The molecule has 2 rings (SSSR count). The van der Waals surface area contributed by atoms with Crippen LogP contribution in [0.15, 0.2) is 30.5 Å². The predicted molar refractivity (Wildman–Crippen MR) is 69.6 cm³/mol. The van der Waals surface area contributed by atoms with Crippen LogP contribution in [-0.4, -0.2) is 20.9 Å². The topological polar surface area (TPSA) is 30.7 Å². The van der Waals surface area contributed by atoms with Gasteiger partial charge in [0.05, 0.1) is 12.2 Å². The molecule has 0 unspecified atom stereocenters. The Morgan fingerprint density at radius 3 is 2.94 bits per heavy atom. The van der Waals surface area contributed by atoms with Crippen LogP contribution in [0, 0.1) is 0 Å². The average molecular weight is 270 g/mol. The molecular weight excluding hydrogens is 257 g/mol. The highest BCUT2D eigenvalue weighted by Crippen LogP contribution is 2.11. The maximum Gasteiger partial charge on any atom is 0.0827 e. The summed E-state index contributed by atoms with van der Waals surface area (Å²) in [5.74, 6) is 0.654. The minimum Gasteiger partial charge on any atom is -0.248 e. The molecule has 2 aromatic rings. The minimum absolute atomic E-state index is 0.654. The van der Waals surface area contributed by atoms with Crippen LogP contribution in [0.5, 0.6) is 0 Å². The number of benzene rings is 1. The number of aryl methyl sites for hydroxylation is 1. The monoisotopic (exact) mass is 269 g/mol. The van der Waals surface area contributed by atoms with Gasteiger partial charge in [0.1, 0.15) is 0 Å². The van der Waals surface area contributed by atoms with Crippen LogP contribution in [0.4, 0.5) is 0 Å². The summed E-state index contributed by atoms with van der Waals surface area (Å²) in [4.78, 5) is 0. The highest BCUT2D eigenvalue weighted by Gasteiger charge is 2.01. The molecule has 1 heterocycles. The second-order valence-electron chi connectivity index (χ2n) is 3.83. The molecule has 0 amide bonds. The third-order valence-electron chi connectivity index (χ3n) is 2.39. The fraction of sp³-hybridized carbons (Fsp3) is 0.333. The van der Waals surface area contributed by atoms with E-state index in [1.54, 1.807) is 0 Å². The van der Waals surface area contributed by atoms with Gasteiger partial charge in [0, 0.05) is 17.1 Å². The molecule has 0 N–H and O–H groups in total. The Bertz CT molecular complexity index is 482. The van der Waals surface area contributed by atoms with E-state index in [9.17, 15) is 0 Å². The van der Waals surface area contributed by atoms with E-state index < -0.39 is 0 Å². The summed E-state index contributed by atoms with van der Waals surface area (Å²) in [7, 11) is 0. The second-order valence-corrected chi connectivity index (χ2v) is 4.64. The summed E-state index contributed by atoms with van der Waals surface area (Å²) in [6, 6.07) is 7.75. The van der Waals surface area contributed by atoms with Crippen LogP contribution < -0.4 is 0 Å². The number of hydrogen-bond donors (Lipinski definition) is 0. The molecule has 0 aliphatic rings. The third kappa shape index (κ3) is 3.72. The second kappa shape index (κ2) is 6.03. The van der Waals surface area contributed by atoms with E-state index in [1.165, 1.54) is 0 Å². The fourth-order valence-corrected chi connectivity index (χ4v) is 1.95. The van der Waals surface area contributed by atoms with E-state index in [-0.39, 0.29) is 0 Å². The van der Waals surface area contributed by atoms with Gasteiger partial charge in [0.25, 0.3) is 0 Å². The quantitative estimate of drug-likeness (QED) is 0.781. The van der Waals surface area contributed by atoms with Crippen molar-refractivity contribution < 1.29 is 0 Å². The zero-order chi connectivity index (χ0) is 12.1. The first-order valence-electron chi connectivity index (χ1n) is 5.47. The molecule has 0 spiro atoms. The maximum absolute atomic E-state index is 5.92. The van der Waals surface area contributed by atoms with Crippen molar-refractivity contribution in [1.29, 1.82) is 0 Å². The van der Waals surface area contributed by atoms with Gasteiger partial charge in [-0.25, -0.2) is 4.68 Å². The standard InChI is InChI=1S/C12H13Cl2N3/c13-6-2-5-12-9-17(16-15-12)8-10-3-1-4-11(14)7-10/h1,3-4,7,9H,2,5-6,8H2. The van der Waals surface area contributed by atoms with Gasteiger partial charge in [-0.3, -0.25) is 0 Å². The number of rotatable bonds is 5. The lowest BCUT2D eigenvalue weighted by atomic mass is 10.2. The summed E-state index contributed by atoms with van der Waals surface area (Å²) in [6.45, 7) is 0.689. The average Bonchev–Trinajstić information content (AvgIpc) is 2.74. The van der Waals surface area contributed by atoms with Gasteiger partial charge in [-0.2, -0.15) is 0 Å². The molecule has 90 valence electrons. The van der Waals surface area contributed by atoms with Crippen LogP contribution in [0.3, 0.4) is 0 Å². The normalized spacial score (nSPS) is 10.7. The Balaban J connectivity index is 2.01. The van der Waals surface area contributed by atoms with Gasteiger partial charge in [0.15, 0.2) is 0 Å². The highest BCUT2D eigenvalue weighted by molar-refractivity contribution is 6.30. The van der Waals surface area contributed by atoms with E-state index in [0.717, 1.165) is 29.1 Å². The zero-order valence-corrected chi connectivity index (χ0v) is 10.8. The summed E-state index contributed by atoms with van der Waals surface area (Å²) in [5.41, 5.74) is 2.10. The lowest BCUT2D eigenvalue weighted by Crippen LogP contribution is -2.00. The van der Waals surface area contributed by atoms with Gasteiger partial charge in [-0.15, -0.1) is 16.7 Å². The van der Waals surface area contributed by atoms with Crippen molar-refractivity contribution in [2.75, 3.05) is 5.88 Å². The van der Waals surface area contributed by atoms with E-state index in [4.69, 9.17) is 23.2 Å². The number of alkyl halides is 1.